The minimum atomic E-state index is -0.388. The lowest BCUT2D eigenvalue weighted by molar-refractivity contribution is -0.119. The molecule has 6 heteroatoms. The Bertz CT molecular complexity index is 619. The van der Waals surface area contributed by atoms with Gasteiger partial charge >= 0.3 is 0 Å². The predicted octanol–water partition coefficient (Wildman–Crippen LogP) is 2.47. The molecule has 6 nitrogen and oxygen atoms in total. The van der Waals surface area contributed by atoms with Gasteiger partial charge in [-0.2, -0.15) is 5.10 Å². The van der Waals surface area contributed by atoms with Crippen molar-refractivity contribution >= 4 is 17.3 Å². The highest BCUT2D eigenvalue weighted by atomic mass is 16.2. The Labute approximate surface area is 130 Å². The number of carbonyl (C=O) groups excluding carboxylic acids is 1. The van der Waals surface area contributed by atoms with Crippen LogP contribution in [-0.2, 0) is 4.79 Å². The Morgan fingerprint density at radius 3 is 2.82 bits per heavy atom. The number of amides is 1. The molecule has 22 heavy (non-hydrogen) atoms. The van der Waals surface area contributed by atoms with E-state index in [1.54, 1.807) is 17.9 Å². The van der Waals surface area contributed by atoms with Crippen LogP contribution in [0.3, 0.4) is 0 Å². The normalized spacial score (nSPS) is 16.3. The summed E-state index contributed by atoms with van der Waals surface area (Å²) in [7, 11) is 0. The fourth-order valence-corrected chi connectivity index (χ4v) is 2.72. The molecule has 3 rings (SSSR count). The number of hydrogen-bond acceptors (Lipinski definition) is 4. The minimum absolute atomic E-state index is 0.0960. The van der Waals surface area contributed by atoms with E-state index in [1.165, 1.54) is 31.3 Å². The topological polar surface area (TPSA) is 63.1 Å². The van der Waals surface area contributed by atoms with Crippen molar-refractivity contribution in [3.8, 4) is 0 Å². The second kappa shape index (κ2) is 6.60. The SMILES string of the molecule is C[C@H](C(=O)Nc1cccc(N2CCCCC2)c1)n1cncn1. The Hall–Kier alpha value is -2.37. The first-order chi connectivity index (χ1) is 10.7. The van der Waals surface area contributed by atoms with E-state index < -0.39 is 0 Å². The maximum absolute atomic E-state index is 12.3. The van der Waals surface area contributed by atoms with Crippen LogP contribution in [-0.4, -0.2) is 33.8 Å². The van der Waals surface area contributed by atoms with E-state index >= 15 is 0 Å². The molecule has 1 aliphatic heterocycles. The molecule has 0 aliphatic carbocycles. The third kappa shape index (κ3) is 3.27. The van der Waals surface area contributed by atoms with Crippen LogP contribution in [0.5, 0.6) is 0 Å². The number of nitrogens with zero attached hydrogens (tertiary/aromatic N) is 4. The van der Waals surface area contributed by atoms with Crippen molar-refractivity contribution in [3.05, 3.63) is 36.9 Å². The molecule has 1 atom stereocenters. The summed E-state index contributed by atoms with van der Waals surface area (Å²) in [5, 5.41) is 6.96. The fraction of sp³-hybridized carbons (Fsp3) is 0.438. The van der Waals surface area contributed by atoms with Gasteiger partial charge in [0.05, 0.1) is 0 Å². The van der Waals surface area contributed by atoms with Gasteiger partial charge in [0.1, 0.15) is 18.7 Å². The van der Waals surface area contributed by atoms with Crippen LogP contribution >= 0.6 is 0 Å². The molecule has 0 radical (unpaired) electrons. The smallest absolute Gasteiger partial charge is 0.249 e. The molecule has 0 spiro atoms. The highest BCUT2D eigenvalue weighted by Crippen LogP contribution is 2.23. The second-order valence-electron chi connectivity index (χ2n) is 5.64. The lowest BCUT2D eigenvalue weighted by Gasteiger charge is -2.29. The molecule has 1 aromatic heterocycles. The third-order valence-electron chi connectivity index (χ3n) is 4.05. The van der Waals surface area contributed by atoms with Crippen LogP contribution in [0.25, 0.3) is 0 Å². The Balaban J connectivity index is 1.68. The summed E-state index contributed by atoms with van der Waals surface area (Å²) < 4.78 is 1.55. The van der Waals surface area contributed by atoms with Gasteiger partial charge in [0.2, 0.25) is 5.91 Å². The third-order valence-corrected chi connectivity index (χ3v) is 4.05. The van der Waals surface area contributed by atoms with E-state index in [1.807, 2.05) is 18.2 Å². The quantitative estimate of drug-likeness (QED) is 0.942. The maximum Gasteiger partial charge on any atom is 0.249 e. The van der Waals surface area contributed by atoms with Gasteiger partial charge in [0.25, 0.3) is 0 Å². The molecule has 0 unspecified atom stereocenters. The first-order valence-electron chi connectivity index (χ1n) is 7.74. The highest BCUT2D eigenvalue weighted by Gasteiger charge is 2.16. The van der Waals surface area contributed by atoms with Crippen LogP contribution in [0.15, 0.2) is 36.9 Å². The lowest BCUT2D eigenvalue weighted by Crippen LogP contribution is -2.29. The van der Waals surface area contributed by atoms with Crippen molar-refractivity contribution in [1.29, 1.82) is 0 Å². The molecule has 2 aromatic rings. The van der Waals surface area contributed by atoms with Crippen LogP contribution in [0, 0.1) is 0 Å². The van der Waals surface area contributed by atoms with Gasteiger partial charge in [-0.05, 0) is 44.4 Å². The number of benzene rings is 1. The van der Waals surface area contributed by atoms with Crippen molar-refractivity contribution in [3.63, 3.8) is 0 Å². The fourth-order valence-electron chi connectivity index (χ4n) is 2.72. The molecular weight excluding hydrogens is 278 g/mol. The average Bonchev–Trinajstić information content (AvgIpc) is 3.09. The molecule has 0 saturated carbocycles. The highest BCUT2D eigenvalue weighted by molar-refractivity contribution is 5.93. The summed E-state index contributed by atoms with van der Waals surface area (Å²) in [5.41, 5.74) is 1.99. The number of piperidine rings is 1. The van der Waals surface area contributed by atoms with Gasteiger partial charge in [-0.3, -0.25) is 4.79 Å². The van der Waals surface area contributed by atoms with E-state index in [9.17, 15) is 4.79 Å². The van der Waals surface area contributed by atoms with Crippen molar-refractivity contribution in [1.82, 2.24) is 14.8 Å². The van der Waals surface area contributed by atoms with E-state index in [-0.39, 0.29) is 11.9 Å². The Morgan fingerprint density at radius 2 is 2.09 bits per heavy atom. The molecule has 2 heterocycles. The molecule has 1 N–H and O–H groups in total. The number of rotatable bonds is 4. The molecule has 0 bridgehead atoms. The lowest BCUT2D eigenvalue weighted by atomic mass is 10.1. The maximum atomic E-state index is 12.3. The monoisotopic (exact) mass is 299 g/mol. The summed E-state index contributed by atoms with van der Waals surface area (Å²) in [5.74, 6) is -0.0960. The van der Waals surface area contributed by atoms with Crippen molar-refractivity contribution < 1.29 is 4.79 Å². The van der Waals surface area contributed by atoms with Gasteiger partial charge in [0.15, 0.2) is 0 Å². The van der Waals surface area contributed by atoms with Gasteiger partial charge < -0.3 is 10.2 Å². The zero-order valence-corrected chi connectivity index (χ0v) is 12.8. The van der Waals surface area contributed by atoms with Gasteiger partial charge in [-0.25, -0.2) is 9.67 Å². The summed E-state index contributed by atoms with van der Waals surface area (Å²) in [6, 6.07) is 7.65. The van der Waals surface area contributed by atoms with Crippen molar-refractivity contribution in [2.75, 3.05) is 23.3 Å². The van der Waals surface area contributed by atoms with Gasteiger partial charge in [0, 0.05) is 24.5 Å². The molecule has 116 valence electrons. The van der Waals surface area contributed by atoms with Crippen LogP contribution in [0.1, 0.15) is 32.2 Å². The zero-order valence-electron chi connectivity index (χ0n) is 12.8. The number of anilines is 2. The van der Waals surface area contributed by atoms with Crippen LogP contribution in [0.2, 0.25) is 0 Å². The molecule has 1 amide bonds. The van der Waals surface area contributed by atoms with Gasteiger partial charge in [-0.15, -0.1) is 0 Å². The minimum Gasteiger partial charge on any atom is -0.371 e. The number of nitrogens with one attached hydrogen (secondary N) is 1. The van der Waals surface area contributed by atoms with Crippen LogP contribution < -0.4 is 10.2 Å². The number of carbonyl (C=O) groups is 1. The summed E-state index contributed by atoms with van der Waals surface area (Å²) in [6.07, 6.45) is 6.76. The van der Waals surface area contributed by atoms with E-state index in [0.717, 1.165) is 18.8 Å². The molecule has 1 aromatic carbocycles. The van der Waals surface area contributed by atoms with Crippen molar-refractivity contribution in [2.24, 2.45) is 0 Å². The largest absolute Gasteiger partial charge is 0.371 e. The first-order valence-corrected chi connectivity index (χ1v) is 7.74. The number of aromatic nitrogens is 3. The van der Waals surface area contributed by atoms with Crippen LogP contribution in [0.4, 0.5) is 11.4 Å². The molecular formula is C16H21N5O. The van der Waals surface area contributed by atoms with E-state index in [0.29, 0.717) is 0 Å². The standard InChI is InChI=1S/C16H21N5O/c1-13(21-12-17-11-18-21)16(22)19-14-6-5-7-15(10-14)20-8-3-2-4-9-20/h5-7,10-13H,2-4,8-9H2,1H3,(H,19,22)/t13-/m1/s1. The zero-order chi connectivity index (χ0) is 15.4. The first kappa shape index (κ1) is 14.6. The van der Waals surface area contributed by atoms with Gasteiger partial charge in [-0.1, -0.05) is 6.07 Å². The summed E-state index contributed by atoms with van der Waals surface area (Å²) >= 11 is 0. The Kier molecular flexibility index (Phi) is 4.37. The van der Waals surface area contributed by atoms with Crippen molar-refractivity contribution in [2.45, 2.75) is 32.2 Å². The molecule has 1 saturated heterocycles. The Morgan fingerprint density at radius 1 is 1.27 bits per heavy atom. The summed E-state index contributed by atoms with van der Waals surface area (Å²) in [6.45, 7) is 3.98. The number of hydrogen-bond donors (Lipinski definition) is 1. The average molecular weight is 299 g/mol. The molecule has 1 fully saturated rings. The van der Waals surface area contributed by atoms with E-state index in [2.05, 4.69) is 26.4 Å². The summed E-state index contributed by atoms with van der Waals surface area (Å²) in [4.78, 5) is 18.5. The second-order valence-corrected chi connectivity index (χ2v) is 5.64. The predicted molar refractivity (Wildman–Crippen MR) is 85.9 cm³/mol. The van der Waals surface area contributed by atoms with E-state index in [4.69, 9.17) is 0 Å². The molecule has 1 aliphatic rings.